The molecular weight excluding hydrogens is 266 g/mol. The van der Waals surface area contributed by atoms with Crippen LogP contribution >= 0.6 is 0 Å². The fraction of sp³-hybridized carbons (Fsp3) is 0.588. The van der Waals surface area contributed by atoms with E-state index in [2.05, 4.69) is 24.0 Å². The van der Waals surface area contributed by atoms with Crippen LogP contribution in [0.3, 0.4) is 0 Å². The van der Waals surface area contributed by atoms with Crippen LogP contribution in [0.15, 0.2) is 24.3 Å². The molecule has 1 atom stereocenters. The maximum Gasteiger partial charge on any atom is 0.310 e. The van der Waals surface area contributed by atoms with Crippen LogP contribution in [0.1, 0.15) is 31.7 Å². The Balaban J connectivity index is 1.88. The lowest BCUT2D eigenvalue weighted by Gasteiger charge is -2.24. The number of methoxy groups -OCH3 is 1. The van der Waals surface area contributed by atoms with Crippen LogP contribution in [-0.2, 0) is 11.2 Å². The van der Waals surface area contributed by atoms with Crippen LogP contribution < -0.4 is 4.74 Å². The van der Waals surface area contributed by atoms with E-state index < -0.39 is 11.4 Å². The summed E-state index contributed by atoms with van der Waals surface area (Å²) in [5.41, 5.74) is 0.744. The lowest BCUT2D eigenvalue weighted by atomic mass is 9.83. The minimum Gasteiger partial charge on any atom is -0.497 e. The summed E-state index contributed by atoms with van der Waals surface area (Å²) in [7, 11) is 1.67. The number of hydrogen-bond acceptors (Lipinski definition) is 3. The van der Waals surface area contributed by atoms with Gasteiger partial charge in [0, 0.05) is 13.1 Å². The van der Waals surface area contributed by atoms with Gasteiger partial charge in [-0.15, -0.1) is 0 Å². The second-order valence-electron chi connectivity index (χ2n) is 5.96. The molecule has 0 amide bonds. The van der Waals surface area contributed by atoms with E-state index in [9.17, 15) is 9.90 Å². The second-order valence-corrected chi connectivity index (χ2v) is 5.96. The quantitative estimate of drug-likeness (QED) is 0.839. The summed E-state index contributed by atoms with van der Waals surface area (Å²) in [6, 6.07) is 8.09. The number of benzene rings is 1. The van der Waals surface area contributed by atoms with Gasteiger partial charge in [-0.2, -0.15) is 0 Å². The van der Waals surface area contributed by atoms with Crippen molar-refractivity contribution < 1.29 is 14.6 Å². The molecule has 0 radical (unpaired) electrons. The van der Waals surface area contributed by atoms with Gasteiger partial charge in [-0.1, -0.05) is 25.5 Å². The van der Waals surface area contributed by atoms with E-state index in [4.69, 9.17) is 4.74 Å². The van der Waals surface area contributed by atoms with E-state index in [1.807, 2.05) is 12.1 Å². The van der Waals surface area contributed by atoms with Gasteiger partial charge in [-0.25, -0.2) is 0 Å². The molecule has 116 valence electrons. The molecule has 1 aliphatic heterocycles. The maximum atomic E-state index is 11.6. The molecular formula is C17H25NO3. The maximum absolute atomic E-state index is 11.6. The summed E-state index contributed by atoms with van der Waals surface area (Å²) in [4.78, 5) is 13.8. The zero-order chi connectivity index (χ0) is 15.3. The molecule has 1 N–H and O–H groups in total. The number of likely N-dealkylation sites (tertiary alicyclic amines) is 1. The highest BCUT2D eigenvalue weighted by Gasteiger charge is 2.43. The first-order valence-electron chi connectivity index (χ1n) is 7.68. The number of nitrogens with zero attached hydrogens (tertiary/aromatic N) is 1. The van der Waals surface area contributed by atoms with Crippen molar-refractivity contribution in [3.8, 4) is 5.75 Å². The van der Waals surface area contributed by atoms with E-state index in [1.54, 1.807) is 7.11 Å². The van der Waals surface area contributed by atoms with Crippen molar-refractivity contribution in [2.24, 2.45) is 5.41 Å². The van der Waals surface area contributed by atoms with Crippen LogP contribution in [0.5, 0.6) is 5.75 Å². The van der Waals surface area contributed by atoms with Crippen LogP contribution in [0.4, 0.5) is 0 Å². The number of carboxylic acids is 1. The number of aliphatic carboxylic acids is 1. The largest absolute Gasteiger partial charge is 0.497 e. The first-order valence-corrected chi connectivity index (χ1v) is 7.68. The Hall–Kier alpha value is -1.55. The number of ether oxygens (including phenoxy) is 1. The van der Waals surface area contributed by atoms with E-state index in [1.165, 1.54) is 5.56 Å². The Labute approximate surface area is 126 Å². The van der Waals surface area contributed by atoms with Crippen molar-refractivity contribution in [1.82, 2.24) is 4.90 Å². The Kier molecular flexibility index (Phi) is 5.23. The van der Waals surface area contributed by atoms with Crippen molar-refractivity contribution in [1.29, 1.82) is 0 Å². The third-order valence-corrected chi connectivity index (χ3v) is 4.49. The van der Waals surface area contributed by atoms with E-state index in [-0.39, 0.29) is 0 Å². The molecule has 1 aromatic carbocycles. The second kappa shape index (κ2) is 6.94. The number of hydrogen-bond donors (Lipinski definition) is 1. The highest BCUT2D eigenvalue weighted by Crippen LogP contribution is 2.35. The third-order valence-electron chi connectivity index (χ3n) is 4.49. The average Bonchev–Trinajstić information content (AvgIpc) is 2.91. The topological polar surface area (TPSA) is 49.8 Å². The van der Waals surface area contributed by atoms with E-state index >= 15 is 0 Å². The highest BCUT2D eigenvalue weighted by atomic mass is 16.5. The van der Waals surface area contributed by atoms with Gasteiger partial charge >= 0.3 is 5.97 Å². The molecule has 1 aromatic rings. The Morgan fingerprint density at radius 2 is 2.10 bits per heavy atom. The first kappa shape index (κ1) is 15.8. The van der Waals surface area contributed by atoms with Gasteiger partial charge in [-0.3, -0.25) is 4.79 Å². The summed E-state index contributed by atoms with van der Waals surface area (Å²) >= 11 is 0. The third kappa shape index (κ3) is 3.76. The summed E-state index contributed by atoms with van der Waals surface area (Å²) in [6.07, 6.45) is 3.44. The van der Waals surface area contributed by atoms with E-state index in [0.29, 0.717) is 6.54 Å². The fourth-order valence-electron chi connectivity index (χ4n) is 3.19. The predicted octanol–water partition coefficient (Wildman–Crippen LogP) is 2.81. The standard InChI is InChI=1S/C17H25NO3/c1-3-9-17(16(19)20)10-12-18(13-17)11-8-14-4-6-15(21-2)7-5-14/h4-7H,3,8-13H2,1-2H3,(H,19,20). The summed E-state index contributed by atoms with van der Waals surface area (Å²) < 4.78 is 5.15. The minimum absolute atomic E-state index is 0.519. The first-order chi connectivity index (χ1) is 10.1. The van der Waals surface area contributed by atoms with Gasteiger partial charge in [-0.05, 0) is 43.5 Å². The van der Waals surface area contributed by atoms with Gasteiger partial charge in [0.25, 0.3) is 0 Å². The molecule has 1 saturated heterocycles. The molecule has 4 heteroatoms. The Bertz CT molecular complexity index is 471. The molecule has 0 bridgehead atoms. The molecule has 2 rings (SSSR count). The van der Waals surface area contributed by atoms with Crippen LogP contribution in [0, 0.1) is 5.41 Å². The fourth-order valence-corrected chi connectivity index (χ4v) is 3.19. The Morgan fingerprint density at radius 3 is 2.67 bits per heavy atom. The van der Waals surface area contributed by atoms with Gasteiger partial charge in [0.1, 0.15) is 5.75 Å². The lowest BCUT2D eigenvalue weighted by Crippen LogP contribution is -2.35. The van der Waals surface area contributed by atoms with Gasteiger partial charge in [0.2, 0.25) is 0 Å². The summed E-state index contributed by atoms with van der Waals surface area (Å²) in [5.74, 6) is 0.240. The highest BCUT2D eigenvalue weighted by molar-refractivity contribution is 5.75. The molecule has 4 nitrogen and oxygen atoms in total. The van der Waals surface area contributed by atoms with Crippen LogP contribution in [0.2, 0.25) is 0 Å². The molecule has 1 aliphatic rings. The number of rotatable bonds is 7. The molecule has 0 spiro atoms. The number of carboxylic acid groups (broad SMARTS) is 1. The molecule has 1 heterocycles. The van der Waals surface area contributed by atoms with Gasteiger partial charge in [0.15, 0.2) is 0 Å². The normalized spacial score (nSPS) is 22.4. The smallest absolute Gasteiger partial charge is 0.310 e. The lowest BCUT2D eigenvalue weighted by molar-refractivity contribution is -0.148. The molecule has 1 unspecified atom stereocenters. The average molecular weight is 291 g/mol. The minimum atomic E-state index is -0.628. The van der Waals surface area contributed by atoms with Crippen LogP contribution in [-0.4, -0.2) is 42.7 Å². The van der Waals surface area contributed by atoms with E-state index in [0.717, 1.165) is 44.5 Å². The molecule has 1 fully saturated rings. The van der Waals surface area contributed by atoms with Crippen molar-refractivity contribution in [2.45, 2.75) is 32.6 Å². The van der Waals surface area contributed by atoms with Crippen molar-refractivity contribution in [2.75, 3.05) is 26.7 Å². The SMILES string of the molecule is CCCC1(C(=O)O)CCN(CCc2ccc(OC)cc2)C1. The van der Waals surface area contributed by atoms with Crippen molar-refractivity contribution >= 4 is 5.97 Å². The molecule has 21 heavy (non-hydrogen) atoms. The summed E-state index contributed by atoms with van der Waals surface area (Å²) in [6.45, 7) is 4.56. The van der Waals surface area contributed by atoms with Crippen LogP contribution in [0.25, 0.3) is 0 Å². The number of carbonyl (C=O) groups is 1. The van der Waals surface area contributed by atoms with Gasteiger partial charge < -0.3 is 14.7 Å². The van der Waals surface area contributed by atoms with Crippen molar-refractivity contribution in [3.05, 3.63) is 29.8 Å². The molecule has 0 aromatic heterocycles. The predicted molar refractivity (Wildman–Crippen MR) is 82.7 cm³/mol. The van der Waals surface area contributed by atoms with Crippen molar-refractivity contribution in [3.63, 3.8) is 0 Å². The van der Waals surface area contributed by atoms with Gasteiger partial charge in [0.05, 0.1) is 12.5 Å². The molecule has 0 saturated carbocycles. The zero-order valence-electron chi connectivity index (χ0n) is 13.0. The summed E-state index contributed by atoms with van der Waals surface area (Å²) in [5, 5.41) is 9.52. The molecule has 0 aliphatic carbocycles. The Morgan fingerprint density at radius 1 is 1.38 bits per heavy atom. The zero-order valence-corrected chi connectivity index (χ0v) is 13.0. The monoisotopic (exact) mass is 291 g/mol.